The van der Waals surface area contributed by atoms with Gasteiger partial charge in [0.1, 0.15) is 0 Å². The van der Waals surface area contributed by atoms with E-state index in [2.05, 4.69) is 26.8 Å². The highest BCUT2D eigenvalue weighted by molar-refractivity contribution is 5.86. The van der Waals surface area contributed by atoms with Crippen LogP contribution in [0.1, 0.15) is 5.56 Å². The fraction of sp³-hybridized carbons (Fsp3) is 0.0714. The molecule has 0 saturated carbocycles. The first-order valence-electron chi connectivity index (χ1n) is 6.14. The summed E-state index contributed by atoms with van der Waals surface area (Å²) in [4.78, 5) is 8.79. The van der Waals surface area contributed by atoms with Gasteiger partial charge in [0.05, 0.1) is 11.8 Å². The van der Waals surface area contributed by atoms with E-state index in [-0.39, 0.29) is 0 Å². The van der Waals surface area contributed by atoms with E-state index >= 15 is 0 Å². The Morgan fingerprint density at radius 3 is 3.16 bits per heavy atom. The van der Waals surface area contributed by atoms with E-state index in [1.165, 1.54) is 5.56 Å². The highest BCUT2D eigenvalue weighted by Gasteiger charge is 2.36. The molecule has 0 unspecified atom stereocenters. The Hall–Kier alpha value is -2.69. The highest BCUT2D eigenvalue weighted by atomic mass is 16.4. The number of pyridine rings is 1. The van der Waals surface area contributed by atoms with E-state index in [4.69, 9.17) is 4.42 Å². The second-order valence-electron chi connectivity index (χ2n) is 4.70. The monoisotopic (exact) mass is 249 g/mol. The molecule has 5 nitrogen and oxygen atoms in total. The van der Waals surface area contributed by atoms with Crippen molar-refractivity contribution >= 4 is 16.7 Å². The SMILES string of the molecule is c1cnc2c(c1)C[n+]1c-2oc2c3ncccn3cc21. The van der Waals surface area contributed by atoms with Crippen LogP contribution in [0.5, 0.6) is 0 Å². The van der Waals surface area contributed by atoms with Gasteiger partial charge in [-0.25, -0.2) is 9.97 Å². The molecule has 0 amide bonds. The first-order chi connectivity index (χ1) is 9.42. The minimum atomic E-state index is 0.808. The normalized spacial score (nSPS) is 13.1. The second-order valence-corrected chi connectivity index (χ2v) is 4.70. The summed E-state index contributed by atoms with van der Waals surface area (Å²) in [6.45, 7) is 0.808. The molecule has 0 radical (unpaired) electrons. The summed E-state index contributed by atoms with van der Waals surface area (Å²) in [5.41, 5.74) is 4.87. The third kappa shape index (κ3) is 1.03. The molecule has 0 fully saturated rings. The lowest BCUT2D eigenvalue weighted by Crippen LogP contribution is -2.30. The molecule has 0 saturated heterocycles. The summed E-state index contributed by atoms with van der Waals surface area (Å²) < 4.78 is 10.1. The first-order valence-corrected chi connectivity index (χ1v) is 6.14. The Morgan fingerprint density at radius 2 is 2.16 bits per heavy atom. The van der Waals surface area contributed by atoms with Gasteiger partial charge in [-0.2, -0.15) is 0 Å². The summed E-state index contributed by atoms with van der Waals surface area (Å²) >= 11 is 0. The van der Waals surface area contributed by atoms with E-state index in [9.17, 15) is 0 Å². The zero-order chi connectivity index (χ0) is 12.4. The maximum atomic E-state index is 6.01. The average molecular weight is 249 g/mol. The third-order valence-electron chi connectivity index (χ3n) is 3.63. The maximum absolute atomic E-state index is 6.01. The lowest BCUT2D eigenvalue weighted by atomic mass is 10.2. The molecule has 5 heteroatoms. The van der Waals surface area contributed by atoms with Gasteiger partial charge >= 0.3 is 5.89 Å². The topological polar surface area (TPSA) is 47.2 Å². The van der Waals surface area contributed by atoms with Crippen molar-refractivity contribution < 1.29 is 8.98 Å². The molecule has 0 aromatic carbocycles. The number of fused-ring (bicyclic) bond motifs is 7. The van der Waals surface area contributed by atoms with Crippen LogP contribution in [0.3, 0.4) is 0 Å². The van der Waals surface area contributed by atoms with Crippen LogP contribution in [-0.4, -0.2) is 14.4 Å². The van der Waals surface area contributed by atoms with Gasteiger partial charge in [0.2, 0.25) is 5.58 Å². The number of hydrogen-bond acceptors (Lipinski definition) is 3. The van der Waals surface area contributed by atoms with Crippen LogP contribution in [0.2, 0.25) is 0 Å². The minimum absolute atomic E-state index is 0.808. The van der Waals surface area contributed by atoms with Crippen LogP contribution < -0.4 is 4.57 Å². The van der Waals surface area contributed by atoms with Crippen LogP contribution in [0.4, 0.5) is 0 Å². The van der Waals surface area contributed by atoms with Crippen molar-refractivity contribution in [3.63, 3.8) is 0 Å². The van der Waals surface area contributed by atoms with E-state index in [0.717, 1.165) is 34.9 Å². The van der Waals surface area contributed by atoms with Gasteiger partial charge in [0, 0.05) is 18.6 Å². The second kappa shape index (κ2) is 3.00. The van der Waals surface area contributed by atoms with Gasteiger partial charge in [-0.05, 0) is 18.2 Å². The Kier molecular flexibility index (Phi) is 1.46. The molecular formula is C14H9N4O+. The molecule has 5 rings (SSSR count). The number of nitrogens with zero attached hydrogens (tertiary/aromatic N) is 4. The molecule has 1 aliphatic rings. The molecule has 0 spiro atoms. The summed E-state index contributed by atoms with van der Waals surface area (Å²) in [5.74, 6) is 0.828. The van der Waals surface area contributed by atoms with E-state index in [1.54, 1.807) is 12.4 Å². The number of aromatic nitrogens is 4. The summed E-state index contributed by atoms with van der Waals surface area (Å²) in [6, 6.07) is 5.96. The molecule has 90 valence electrons. The van der Waals surface area contributed by atoms with Crippen molar-refractivity contribution in [2.45, 2.75) is 6.54 Å². The van der Waals surface area contributed by atoms with Crippen molar-refractivity contribution in [1.82, 2.24) is 14.4 Å². The Morgan fingerprint density at radius 1 is 1.21 bits per heavy atom. The van der Waals surface area contributed by atoms with E-state index in [1.807, 2.05) is 22.7 Å². The third-order valence-corrected chi connectivity index (χ3v) is 3.63. The van der Waals surface area contributed by atoms with Crippen molar-refractivity contribution in [2.75, 3.05) is 0 Å². The molecule has 19 heavy (non-hydrogen) atoms. The Bertz CT molecular complexity index is 951. The fourth-order valence-electron chi connectivity index (χ4n) is 2.78. The fourth-order valence-corrected chi connectivity index (χ4v) is 2.78. The molecular weight excluding hydrogens is 240 g/mol. The van der Waals surface area contributed by atoms with Crippen molar-refractivity contribution in [1.29, 1.82) is 0 Å². The van der Waals surface area contributed by atoms with Crippen LogP contribution >= 0.6 is 0 Å². The number of rotatable bonds is 0. The summed E-state index contributed by atoms with van der Waals surface area (Å²) in [7, 11) is 0. The van der Waals surface area contributed by atoms with Crippen LogP contribution in [0.25, 0.3) is 28.3 Å². The molecule has 0 aliphatic carbocycles. The Labute approximate surface area is 107 Å². The quantitative estimate of drug-likeness (QED) is 0.393. The lowest BCUT2D eigenvalue weighted by molar-refractivity contribution is -0.649. The minimum Gasteiger partial charge on any atom is -0.392 e. The molecule has 0 bridgehead atoms. The first kappa shape index (κ1) is 9.27. The smallest absolute Gasteiger partial charge is 0.392 e. The van der Waals surface area contributed by atoms with Crippen LogP contribution in [0.15, 0.2) is 47.4 Å². The predicted octanol–water partition coefficient (Wildman–Crippen LogP) is 1.79. The van der Waals surface area contributed by atoms with Gasteiger partial charge < -0.3 is 4.42 Å². The molecule has 1 aliphatic heterocycles. The largest absolute Gasteiger partial charge is 0.401 e. The Balaban J connectivity index is 1.93. The van der Waals surface area contributed by atoms with Gasteiger partial charge in [0.25, 0.3) is 5.52 Å². The van der Waals surface area contributed by atoms with Gasteiger partial charge in [0.15, 0.2) is 17.9 Å². The molecule has 0 atom stereocenters. The number of hydrogen-bond donors (Lipinski definition) is 0. The maximum Gasteiger partial charge on any atom is 0.401 e. The molecule has 5 heterocycles. The summed E-state index contributed by atoms with van der Waals surface area (Å²) in [5, 5.41) is 0. The predicted molar refractivity (Wildman–Crippen MR) is 67.5 cm³/mol. The van der Waals surface area contributed by atoms with Crippen LogP contribution in [0, 0.1) is 0 Å². The van der Waals surface area contributed by atoms with Crippen LogP contribution in [-0.2, 0) is 6.54 Å². The van der Waals surface area contributed by atoms with Gasteiger partial charge in [-0.1, -0.05) is 0 Å². The highest BCUT2D eigenvalue weighted by Crippen LogP contribution is 2.31. The molecule has 4 aromatic rings. The standard InChI is InChI=1S/C14H9N4O/c1-3-9-7-18-10-8-17-6-2-5-16-13(17)12(10)19-14(18)11(9)15-4-1/h1-6,8H,7H2/q+1. The van der Waals surface area contributed by atoms with Crippen molar-refractivity contribution in [3.8, 4) is 11.6 Å². The molecule has 4 aromatic heterocycles. The lowest BCUT2D eigenvalue weighted by Gasteiger charge is -1.89. The van der Waals surface area contributed by atoms with Gasteiger partial charge in [-0.3, -0.25) is 4.40 Å². The summed E-state index contributed by atoms with van der Waals surface area (Å²) in [6.07, 6.45) is 7.60. The zero-order valence-electron chi connectivity index (χ0n) is 9.95. The van der Waals surface area contributed by atoms with Gasteiger partial charge in [-0.15, -0.1) is 4.57 Å². The van der Waals surface area contributed by atoms with E-state index < -0.39 is 0 Å². The molecule has 0 N–H and O–H groups in total. The van der Waals surface area contributed by atoms with E-state index in [0.29, 0.717) is 0 Å². The van der Waals surface area contributed by atoms with Crippen molar-refractivity contribution in [3.05, 3.63) is 48.5 Å². The zero-order valence-corrected chi connectivity index (χ0v) is 9.95. The van der Waals surface area contributed by atoms with Crippen molar-refractivity contribution in [2.24, 2.45) is 0 Å². The number of oxazole rings is 1. The average Bonchev–Trinajstić information content (AvgIpc) is 3.07.